The van der Waals surface area contributed by atoms with Gasteiger partial charge in [-0.15, -0.1) is 11.8 Å². The van der Waals surface area contributed by atoms with E-state index in [0.29, 0.717) is 12.3 Å². The number of carbonyl (C=O) groups excluding carboxylic acids is 1. The van der Waals surface area contributed by atoms with E-state index >= 15 is 0 Å². The molecule has 1 saturated heterocycles. The predicted octanol–water partition coefficient (Wildman–Crippen LogP) is 3.35. The molecule has 0 saturated carbocycles. The second kappa shape index (κ2) is 10.3. The van der Waals surface area contributed by atoms with E-state index in [4.69, 9.17) is 4.74 Å². The highest BCUT2D eigenvalue weighted by molar-refractivity contribution is 8.00. The van der Waals surface area contributed by atoms with Crippen LogP contribution < -0.4 is 10.1 Å². The molecule has 0 aliphatic carbocycles. The molecule has 1 atom stereocenters. The minimum absolute atomic E-state index is 0.174. The first kappa shape index (κ1) is 19.7. The molecule has 6 heteroatoms. The summed E-state index contributed by atoms with van der Waals surface area (Å²) in [5, 5.41) is 3.43. The molecule has 5 nitrogen and oxygen atoms in total. The van der Waals surface area contributed by atoms with Crippen LogP contribution in [0.15, 0.2) is 53.6 Å². The van der Waals surface area contributed by atoms with Crippen LogP contribution in [0.2, 0.25) is 0 Å². The van der Waals surface area contributed by atoms with E-state index in [1.165, 1.54) is 0 Å². The standard InChI is InChI=1S/C21H27N3O2S/c1-26-19-7-9-20(10-8-19)27-16-21(25)24(15-17-5-2-3-13-23-17)18-6-4-12-22-14-11-18/h2-3,5,7-10,13,18,22H,4,6,11-12,14-16H2,1H3. The molecule has 1 fully saturated rings. The van der Waals surface area contributed by atoms with Crippen molar-refractivity contribution in [2.45, 2.75) is 36.7 Å². The van der Waals surface area contributed by atoms with Crippen molar-refractivity contribution in [3.63, 3.8) is 0 Å². The van der Waals surface area contributed by atoms with Crippen molar-refractivity contribution in [3.05, 3.63) is 54.4 Å². The summed E-state index contributed by atoms with van der Waals surface area (Å²) >= 11 is 1.57. The molecule has 0 spiro atoms. The topological polar surface area (TPSA) is 54.5 Å². The van der Waals surface area contributed by atoms with Crippen molar-refractivity contribution < 1.29 is 9.53 Å². The number of benzene rings is 1. The number of thioether (sulfide) groups is 1. The normalized spacial score (nSPS) is 17.1. The van der Waals surface area contributed by atoms with E-state index < -0.39 is 0 Å². The maximum absolute atomic E-state index is 13.1. The van der Waals surface area contributed by atoms with Crippen molar-refractivity contribution in [1.82, 2.24) is 15.2 Å². The van der Waals surface area contributed by atoms with Crippen molar-refractivity contribution in [2.75, 3.05) is 26.0 Å². The minimum atomic E-state index is 0.174. The number of rotatable bonds is 7. The highest BCUT2D eigenvalue weighted by Gasteiger charge is 2.25. The molecule has 1 aromatic carbocycles. The summed E-state index contributed by atoms with van der Waals surface area (Å²) < 4.78 is 5.19. The number of nitrogens with zero attached hydrogens (tertiary/aromatic N) is 2. The summed E-state index contributed by atoms with van der Waals surface area (Å²) in [6.07, 6.45) is 4.92. The molecular weight excluding hydrogens is 358 g/mol. The van der Waals surface area contributed by atoms with Crippen LogP contribution in [0, 0.1) is 0 Å². The van der Waals surface area contributed by atoms with Crippen LogP contribution in [0.25, 0.3) is 0 Å². The molecule has 1 N–H and O–H groups in total. The van der Waals surface area contributed by atoms with Crippen LogP contribution in [0.5, 0.6) is 5.75 Å². The van der Waals surface area contributed by atoms with Gasteiger partial charge in [0, 0.05) is 17.1 Å². The highest BCUT2D eigenvalue weighted by atomic mass is 32.2. The Morgan fingerprint density at radius 3 is 2.81 bits per heavy atom. The third kappa shape index (κ3) is 5.97. The van der Waals surface area contributed by atoms with E-state index in [1.54, 1.807) is 25.1 Å². The SMILES string of the molecule is COc1ccc(SCC(=O)N(Cc2ccccn2)C2CCCNCC2)cc1. The lowest BCUT2D eigenvalue weighted by Gasteiger charge is -2.31. The van der Waals surface area contributed by atoms with Crippen LogP contribution >= 0.6 is 11.8 Å². The fourth-order valence-electron chi connectivity index (χ4n) is 3.30. The first-order chi connectivity index (χ1) is 13.3. The first-order valence-corrected chi connectivity index (χ1v) is 10.4. The monoisotopic (exact) mass is 385 g/mol. The number of hydrogen-bond acceptors (Lipinski definition) is 5. The Morgan fingerprint density at radius 1 is 1.22 bits per heavy atom. The smallest absolute Gasteiger partial charge is 0.233 e. The van der Waals surface area contributed by atoms with Crippen molar-refractivity contribution in [3.8, 4) is 5.75 Å². The molecule has 0 bridgehead atoms. The Kier molecular flexibility index (Phi) is 7.54. The fraction of sp³-hybridized carbons (Fsp3) is 0.429. The number of pyridine rings is 1. The lowest BCUT2D eigenvalue weighted by atomic mass is 10.1. The molecule has 2 aromatic rings. The molecule has 27 heavy (non-hydrogen) atoms. The summed E-state index contributed by atoms with van der Waals surface area (Å²) in [6.45, 7) is 2.57. The van der Waals surface area contributed by atoms with E-state index in [9.17, 15) is 4.79 Å². The molecular formula is C21H27N3O2S. The second-order valence-corrected chi connectivity index (χ2v) is 7.69. The minimum Gasteiger partial charge on any atom is -0.497 e. The van der Waals surface area contributed by atoms with Crippen molar-refractivity contribution >= 4 is 17.7 Å². The zero-order valence-corrected chi connectivity index (χ0v) is 16.6. The first-order valence-electron chi connectivity index (χ1n) is 9.43. The quantitative estimate of drug-likeness (QED) is 0.741. The molecule has 3 rings (SSSR count). The fourth-order valence-corrected chi connectivity index (χ4v) is 4.08. The summed E-state index contributed by atoms with van der Waals surface area (Å²) in [5.41, 5.74) is 0.942. The molecule has 1 unspecified atom stereocenters. The van der Waals surface area contributed by atoms with Gasteiger partial charge in [-0.25, -0.2) is 0 Å². The van der Waals surface area contributed by atoms with Crippen LogP contribution in [-0.4, -0.2) is 47.8 Å². The molecule has 1 aliphatic rings. The molecule has 0 radical (unpaired) electrons. The Hall–Kier alpha value is -2.05. The van der Waals surface area contributed by atoms with E-state index in [1.807, 2.05) is 47.4 Å². The molecule has 1 amide bonds. The van der Waals surface area contributed by atoms with E-state index in [-0.39, 0.29) is 11.9 Å². The van der Waals surface area contributed by atoms with Crippen LogP contribution in [0.4, 0.5) is 0 Å². The summed E-state index contributed by atoms with van der Waals surface area (Å²) in [6, 6.07) is 14.0. The summed E-state index contributed by atoms with van der Waals surface area (Å²) in [4.78, 5) is 20.6. The van der Waals surface area contributed by atoms with E-state index in [2.05, 4.69) is 10.3 Å². The second-order valence-electron chi connectivity index (χ2n) is 6.64. The van der Waals surface area contributed by atoms with Gasteiger partial charge in [-0.1, -0.05) is 6.07 Å². The van der Waals surface area contributed by atoms with Crippen molar-refractivity contribution in [2.24, 2.45) is 0 Å². The van der Waals surface area contributed by atoms with Gasteiger partial charge in [0.2, 0.25) is 5.91 Å². The number of hydrogen-bond donors (Lipinski definition) is 1. The number of aromatic nitrogens is 1. The van der Waals surface area contributed by atoms with Gasteiger partial charge in [0.15, 0.2) is 0 Å². The van der Waals surface area contributed by atoms with Gasteiger partial charge in [0.1, 0.15) is 5.75 Å². The van der Waals surface area contributed by atoms with Gasteiger partial charge in [-0.2, -0.15) is 0 Å². The van der Waals surface area contributed by atoms with Gasteiger partial charge in [0.05, 0.1) is 25.1 Å². The average Bonchev–Trinajstić information content (AvgIpc) is 3.01. The Labute approximate surface area is 165 Å². The number of methoxy groups -OCH3 is 1. The van der Waals surface area contributed by atoms with Gasteiger partial charge in [0.25, 0.3) is 0 Å². The van der Waals surface area contributed by atoms with Gasteiger partial charge in [-0.3, -0.25) is 9.78 Å². The maximum atomic E-state index is 13.1. The maximum Gasteiger partial charge on any atom is 0.233 e. The highest BCUT2D eigenvalue weighted by Crippen LogP contribution is 2.23. The number of amides is 1. The number of nitrogens with one attached hydrogen (secondary N) is 1. The average molecular weight is 386 g/mol. The number of ether oxygens (including phenoxy) is 1. The van der Waals surface area contributed by atoms with E-state index in [0.717, 1.165) is 48.7 Å². The zero-order valence-electron chi connectivity index (χ0n) is 15.8. The third-order valence-electron chi connectivity index (χ3n) is 4.79. The van der Waals surface area contributed by atoms with Crippen LogP contribution in [-0.2, 0) is 11.3 Å². The molecule has 1 aliphatic heterocycles. The largest absolute Gasteiger partial charge is 0.497 e. The Morgan fingerprint density at radius 2 is 2.07 bits per heavy atom. The number of carbonyl (C=O) groups is 1. The summed E-state index contributed by atoms with van der Waals surface area (Å²) in [7, 11) is 1.66. The van der Waals surface area contributed by atoms with Crippen LogP contribution in [0.3, 0.4) is 0 Å². The lowest BCUT2D eigenvalue weighted by Crippen LogP contribution is -2.41. The Bertz CT molecular complexity index is 701. The van der Waals surface area contributed by atoms with Gasteiger partial charge in [-0.05, 0) is 68.8 Å². The van der Waals surface area contributed by atoms with Gasteiger partial charge < -0.3 is 15.0 Å². The lowest BCUT2D eigenvalue weighted by molar-refractivity contribution is -0.131. The van der Waals surface area contributed by atoms with Gasteiger partial charge >= 0.3 is 0 Å². The predicted molar refractivity (Wildman–Crippen MR) is 109 cm³/mol. The summed E-state index contributed by atoms with van der Waals surface area (Å²) in [5.74, 6) is 1.44. The molecule has 144 valence electrons. The molecule has 2 heterocycles. The van der Waals surface area contributed by atoms with Crippen molar-refractivity contribution in [1.29, 1.82) is 0 Å². The van der Waals surface area contributed by atoms with Crippen LogP contribution in [0.1, 0.15) is 25.0 Å². The third-order valence-corrected chi connectivity index (χ3v) is 5.78. The zero-order chi connectivity index (χ0) is 18.9. The molecule has 1 aromatic heterocycles. The Balaban J connectivity index is 1.66.